The summed E-state index contributed by atoms with van der Waals surface area (Å²) < 4.78 is 6.47. The van der Waals surface area contributed by atoms with Gasteiger partial charge in [0.2, 0.25) is 5.91 Å². The van der Waals surface area contributed by atoms with E-state index in [1.165, 1.54) is 18.9 Å². The van der Waals surface area contributed by atoms with Gasteiger partial charge in [0.25, 0.3) is 0 Å². The standard InChI is InChI=1S/C20H19ClN4O3S/c1-24(11-14-6-8-15(9-7-14)19(27)28-2)18(26)12-29-20-23-22-13-25(20)17-5-3-4-16(21)10-17/h3-10,13H,11-12H2,1-2H3. The van der Waals surface area contributed by atoms with Crippen LogP contribution >= 0.6 is 23.4 Å². The highest BCUT2D eigenvalue weighted by Crippen LogP contribution is 2.22. The molecular formula is C20H19ClN4O3S. The minimum Gasteiger partial charge on any atom is -0.465 e. The molecule has 9 heteroatoms. The van der Waals surface area contributed by atoms with Gasteiger partial charge in [-0.25, -0.2) is 4.79 Å². The number of carbonyl (C=O) groups excluding carboxylic acids is 2. The number of nitrogens with zero attached hydrogens (tertiary/aromatic N) is 4. The molecule has 1 heterocycles. The van der Waals surface area contributed by atoms with E-state index >= 15 is 0 Å². The van der Waals surface area contributed by atoms with Gasteiger partial charge < -0.3 is 9.64 Å². The third-order valence-corrected chi connectivity index (χ3v) is 5.31. The molecule has 0 aliphatic heterocycles. The lowest BCUT2D eigenvalue weighted by Gasteiger charge is -2.17. The van der Waals surface area contributed by atoms with E-state index < -0.39 is 0 Å². The van der Waals surface area contributed by atoms with E-state index in [1.54, 1.807) is 59.2 Å². The minimum atomic E-state index is -0.388. The smallest absolute Gasteiger partial charge is 0.337 e. The number of hydrogen-bond acceptors (Lipinski definition) is 6. The summed E-state index contributed by atoms with van der Waals surface area (Å²) in [4.78, 5) is 25.6. The zero-order valence-corrected chi connectivity index (χ0v) is 17.5. The van der Waals surface area contributed by atoms with Crippen LogP contribution in [-0.4, -0.2) is 51.5 Å². The molecule has 0 atom stereocenters. The van der Waals surface area contributed by atoms with Crippen LogP contribution in [0.5, 0.6) is 0 Å². The van der Waals surface area contributed by atoms with Crippen molar-refractivity contribution >= 4 is 35.2 Å². The SMILES string of the molecule is COC(=O)c1ccc(CN(C)C(=O)CSc2nncn2-c2cccc(Cl)c2)cc1. The molecule has 0 fully saturated rings. The predicted molar refractivity (Wildman–Crippen MR) is 111 cm³/mol. The van der Waals surface area contributed by atoms with Crippen molar-refractivity contribution in [2.45, 2.75) is 11.7 Å². The Morgan fingerprint density at radius 2 is 1.97 bits per heavy atom. The zero-order chi connectivity index (χ0) is 20.8. The Morgan fingerprint density at radius 3 is 2.66 bits per heavy atom. The molecule has 150 valence electrons. The number of thioether (sulfide) groups is 1. The van der Waals surface area contributed by atoms with Gasteiger partial charge in [-0.3, -0.25) is 9.36 Å². The molecule has 1 aromatic heterocycles. The highest BCUT2D eigenvalue weighted by molar-refractivity contribution is 7.99. The van der Waals surface area contributed by atoms with E-state index in [2.05, 4.69) is 14.9 Å². The van der Waals surface area contributed by atoms with Crippen molar-refractivity contribution in [3.05, 3.63) is 71.0 Å². The summed E-state index contributed by atoms with van der Waals surface area (Å²) in [7, 11) is 3.08. The van der Waals surface area contributed by atoms with Gasteiger partial charge in [-0.15, -0.1) is 10.2 Å². The van der Waals surface area contributed by atoms with Crippen LogP contribution in [0.15, 0.2) is 60.0 Å². The van der Waals surface area contributed by atoms with Gasteiger partial charge in [0.15, 0.2) is 5.16 Å². The Morgan fingerprint density at radius 1 is 1.21 bits per heavy atom. The number of hydrogen-bond donors (Lipinski definition) is 0. The normalized spacial score (nSPS) is 10.6. The molecule has 0 bridgehead atoms. The Hall–Kier alpha value is -2.84. The van der Waals surface area contributed by atoms with Crippen LogP contribution in [0.25, 0.3) is 5.69 Å². The lowest BCUT2D eigenvalue weighted by Crippen LogP contribution is -2.27. The summed E-state index contributed by atoms with van der Waals surface area (Å²) in [6, 6.07) is 14.3. The van der Waals surface area contributed by atoms with Crippen molar-refractivity contribution < 1.29 is 14.3 Å². The molecule has 3 rings (SSSR count). The second-order valence-electron chi connectivity index (χ2n) is 6.19. The number of rotatable bonds is 7. The van der Waals surface area contributed by atoms with E-state index in [9.17, 15) is 9.59 Å². The summed E-state index contributed by atoms with van der Waals surface area (Å²) in [5.74, 6) is -0.218. The molecule has 0 aliphatic carbocycles. The Balaban J connectivity index is 1.58. The van der Waals surface area contributed by atoms with Crippen LogP contribution in [0.2, 0.25) is 5.02 Å². The molecule has 29 heavy (non-hydrogen) atoms. The van der Waals surface area contributed by atoms with E-state index in [0.717, 1.165) is 11.3 Å². The van der Waals surface area contributed by atoms with Crippen molar-refractivity contribution in [1.29, 1.82) is 0 Å². The maximum Gasteiger partial charge on any atom is 0.337 e. The molecular weight excluding hydrogens is 412 g/mol. The van der Waals surface area contributed by atoms with Gasteiger partial charge in [0.1, 0.15) is 6.33 Å². The van der Waals surface area contributed by atoms with E-state index in [-0.39, 0.29) is 17.6 Å². The molecule has 2 aromatic carbocycles. The number of carbonyl (C=O) groups is 2. The minimum absolute atomic E-state index is 0.0484. The number of ether oxygens (including phenoxy) is 1. The molecule has 1 amide bonds. The highest BCUT2D eigenvalue weighted by atomic mass is 35.5. The van der Waals surface area contributed by atoms with Crippen LogP contribution in [0.1, 0.15) is 15.9 Å². The van der Waals surface area contributed by atoms with Crippen molar-refractivity contribution in [1.82, 2.24) is 19.7 Å². The first-order valence-corrected chi connectivity index (χ1v) is 10.0. The molecule has 0 saturated carbocycles. The van der Waals surface area contributed by atoms with Gasteiger partial charge >= 0.3 is 5.97 Å². The largest absolute Gasteiger partial charge is 0.465 e. The van der Waals surface area contributed by atoms with Crippen molar-refractivity contribution in [2.24, 2.45) is 0 Å². The summed E-state index contributed by atoms with van der Waals surface area (Å²) in [6.45, 7) is 0.432. The second-order valence-corrected chi connectivity index (χ2v) is 7.57. The number of esters is 1. The van der Waals surface area contributed by atoms with Gasteiger partial charge in [-0.2, -0.15) is 0 Å². The fourth-order valence-corrected chi connectivity index (χ4v) is 3.64. The fourth-order valence-electron chi connectivity index (χ4n) is 2.59. The monoisotopic (exact) mass is 430 g/mol. The molecule has 0 aliphatic rings. The quantitative estimate of drug-likeness (QED) is 0.422. The summed E-state index contributed by atoms with van der Waals surface area (Å²) in [6.07, 6.45) is 1.59. The third-order valence-electron chi connectivity index (χ3n) is 4.15. The average Bonchev–Trinajstić information content (AvgIpc) is 3.20. The molecule has 0 unspecified atom stereocenters. The first-order chi connectivity index (χ1) is 14.0. The van der Waals surface area contributed by atoms with Crippen LogP contribution in [0.4, 0.5) is 0 Å². The van der Waals surface area contributed by atoms with Crippen LogP contribution in [0.3, 0.4) is 0 Å². The van der Waals surface area contributed by atoms with Gasteiger partial charge in [-0.1, -0.05) is 41.6 Å². The molecule has 7 nitrogen and oxygen atoms in total. The second kappa shape index (κ2) is 9.58. The first-order valence-electron chi connectivity index (χ1n) is 8.68. The number of amides is 1. The maximum absolute atomic E-state index is 12.5. The van der Waals surface area contributed by atoms with E-state index in [1.807, 2.05) is 12.1 Å². The molecule has 0 radical (unpaired) electrons. The lowest BCUT2D eigenvalue weighted by molar-refractivity contribution is -0.127. The van der Waals surface area contributed by atoms with Crippen molar-refractivity contribution in [3.63, 3.8) is 0 Å². The number of halogens is 1. The first kappa shape index (κ1) is 20.9. The number of methoxy groups -OCH3 is 1. The molecule has 3 aromatic rings. The van der Waals surface area contributed by atoms with Crippen LogP contribution in [-0.2, 0) is 16.1 Å². The number of aromatic nitrogens is 3. The fraction of sp³-hybridized carbons (Fsp3) is 0.200. The summed E-state index contributed by atoms with van der Waals surface area (Å²) in [5, 5.41) is 9.24. The van der Waals surface area contributed by atoms with Crippen molar-refractivity contribution in [3.8, 4) is 5.69 Å². The third kappa shape index (κ3) is 5.36. The van der Waals surface area contributed by atoms with Crippen LogP contribution < -0.4 is 0 Å². The zero-order valence-electron chi connectivity index (χ0n) is 15.9. The molecule has 0 spiro atoms. The van der Waals surface area contributed by atoms with E-state index in [0.29, 0.717) is 22.3 Å². The van der Waals surface area contributed by atoms with E-state index in [4.69, 9.17) is 11.6 Å². The van der Waals surface area contributed by atoms with Gasteiger partial charge in [-0.05, 0) is 35.9 Å². The van der Waals surface area contributed by atoms with Gasteiger partial charge in [0.05, 0.1) is 24.1 Å². The van der Waals surface area contributed by atoms with Crippen molar-refractivity contribution in [2.75, 3.05) is 19.9 Å². The lowest BCUT2D eigenvalue weighted by atomic mass is 10.1. The Kier molecular flexibility index (Phi) is 6.90. The van der Waals surface area contributed by atoms with Crippen LogP contribution in [0, 0.1) is 0 Å². The highest BCUT2D eigenvalue weighted by Gasteiger charge is 2.14. The Labute approximate surface area is 177 Å². The number of benzene rings is 2. The topological polar surface area (TPSA) is 77.3 Å². The Bertz CT molecular complexity index is 1010. The maximum atomic E-state index is 12.5. The van der Waals surface area contributed by atoms with Gasteiger partial charge in [0, 0.05) is 18.6 Å². The summed E-state index contributed by atoms with van der Waals surface area (Å²) >= 11 is 7.35. The summed E-state index contributed by atoms with van der Waals surface area (Å²) in [5.41, 5.74) is 2.22. The molecule has 0 N–H and O–H groups in total. The average molecular weight is 431 g/mol. The predicted octanol–water partition coefficient (Wildman–Crippen LogP) is 3.46. The molecule has 0 saturated heterocycles.